The second-order valence-electron chi connectivity index (χ2n) is 10.1. The molecule has 0 aromatic carbocycles. The molecule has 2 amide bonds. The summed E-state index contributed by atoms with van der Waals surface area (Å²) in [4.78, 5) is 29.0. The molecule has 1 N–H and O–H groups in total. The van der Waals surface area contributed by atoms with Gasteiger partial charge in [-0.25, -0.2) is 4.79 Å². The van der Waals surface area contributed by atoms with Crippen molar-refractivity contribution in [1.82, 2.24) is 15.1 Å². The standard InChI is InChI=1S/C25H39N3O4/c1-4-31-24(30)28-13-8-20(9-14-28)26-23(29)21-17-25(21)10-15-27(16-11-25)12-7-18(2)22-6-5-19(3)32-22/h5-6,18,20-21H,4,7-17H2,1-3H3,(H,26,29)/t18-,21-/m0/s1. The molecule has 7 nitrogen and oxygen atoms in total. The number of aryl methyl sites for hydroxylation is 1. The van der Waals surface area contributed by atoms with Crippen molar-refractivity contribution < 1.29 is 18.7 Å². The van der Waals surface area contributed by atoms with Crippen LogP contribution >= 0.6 is 0 Å². The largest absolute Gasteiger partial charge is 0.466 e. The summed E-state index contributed by atoms with van der Waals surface area (Å²) >= 11 is 0. The molecule has 3 aliphatic rings. The van der Waals surface area contributed by atoms with E-state index in [2.05, 4.69) is 23.2 Å². The third-order valence-electron chi connectivity index (χ3n) is 7.85. The number of furan rings is 1. The van der Waals surface area contributed by atoms with Crippen molar-refractivity contribution in [1.29, 1.82) is 0 Å². The summed E-state index contributed by atoms with van der Waals surface area (Å²) in [5.74, 6) is 2.92. The van der Waals surface area contributed by atoms with E-state index in [9.17, 15) is 9.59 Å². The van der Waals surface area contributed by atoms with Gasteiger partial charge < -0.3 is 24.3 Å². The third-order valence-corrected chi connectivity index (χ3v) is 7.85. The van der Waals surface area contributed by atoms with Crippen LogP contribution in [0.25, 0.3) is 0 Å². The van der Waals surface area contributed by atoms with Crippen LogP contribution < -0.4 is 5.32 Å². The lowest BCUT2D eigenvalue weighted by Gasteiger charge is -2.34. The van der Waals surface area contributed by atoms with Crippen LogP contribution in [0.2, 0.25) is 0 Å². The molecule has 4 rings (SSSR count). The van der Waals surface area contributed by atoms with Crippen molar-refractivity contribution in [2.24, 2.45) is 11.3 Å². The van der Waals surface area contributed by atoms with Crippen molar-refractivity contribution >= 4 is 12.0 Å². The van der Waals surface area contributed by atoms with Crippen molar-refractivity contribution in [3.05, 3.63) is 23.7 Å². The topological polar surface area (TPSA) is 75.0 Å². The van der Waals surface area contributed by atoms with Crippen LogP contribution in [0.1, 0.15) is 69.8 Å². The lowest BCUT2D eigenvalue weighted by Crippen LogP contribution is -2.47. The summed E-state index contributed by atoms with van der Waals surface area (Å²) in [7, 11) is 0. The molecule has 32 heavy (non-hydrogen) atoms. The molecule has 2 saturated heterocycles. The normalized spacial score (nSPS) is 24.3. The Morgan fingerprint density at radius 2 is 1.94 bits per heavy atom. The van der Waals surface area contributed by atoms with Gasteiger partial charge in [-0.15, -0.1) is 0 Å². The smallest absolute Gasteiger partial charge is 0.409 e. The number of piperidine rings is 2. The highest BCUT2D eigenvalue weighted by Gasteiger charge is 2.58. The van der Waals surface area contributed by atoms with Crippen LogP contribution in [0.3, 0.4) is 0 Å². The van der Waals surface area contributed by atoms with Crippen LogP contribution in [0.4, 0.5) is 4.79 Å². The minimum Gasteiger partial charge on any atom is -0.466 e. The fraction of sp³-hybridized carbons (Fsp3) is 0.760. The van der Waals surface area contributed by atoms with Gasteiger partial charge in [0.05, 0.1) is 6.61 Å². The number of hydrogen-bond acceptors (Lipinski definition) is 5. The van der Waals surface area contributed by atoms with E-state index in [1.54, 1.807) is 4.90 Å². The van der Waals surface area contributed by atoms with Crippen molar-refractivity contribution in [2.75, 3.05) is 39.3 Å². The zero-order valence-corrected chi connectivity index (χ0v) is 19.9. The van der Waals surface area contributed by atoms with Gasteiger partial charge in [0.1, 0.15) is 11.5 Å². The first-order valence-electron chi connectivity index (χ1n) is 12.4. The first-order chi connectivity index (χ1) is 15.4. The van der Waals surface area contributed by atoms with Crippen molar-refractivity contribution in [3.8, 4) is 0 Å². The molecule has 0 bridgehead atoms. The van der Waals surface area contributed by atoms with Gasteiger partial charge in [-0.05, 0) is 89.6 Å². The van der Waals surface area contributed by atoms with Crippen LogP contribution in [0.15, 0.2) is 16.5 Å². The van der Waals surface area contributed by atoms with Gasteiger partial charge in [-0.2, -0.15) is 0 Å². The number of nitrogens with one attached hydrogen (secondary N) is 1. The number of rotatable bonds is 7. The van der Waals surface area contributed by atoms with Gasteiger partial charge in [0, 0.05) is 31.0 Å². The van der Waals surface area contributed by atoms with E-state index in [0.717, 1.165) is 69.7 Å². The maximum absolute atomic E-state index is 12.9. The monoisotopic (exact) mass is 445 g/mol. The molecule has 3 heterocycles. The van der Waals surface area contributed by atoms with E-state index in [-0.39, 0.29) is 29.4 Å². The molecule has 3 fully saturated rings. The fourth-order valence-electron chi connectivity index (χ4n) is 5.45. The highest BCUT2D eigenvalue weighted by atomic mass is 16.6. The zero-order valence-electron chi connectivity index (χ0n) is 19.9. The van der Waals surface area contributed by atoms with Gasteiger partial charge in [0.15, 0.2) is 0 Å². The molecule has 2 atom stereocenters. The Morgan fingerprint density at radius 3 is 2.56 bits per heavy atom. The highest BCUT2D eigenvalue weighted by molar-refractivity contribution is 5.83. The second-order valence-corrected chi connectivity index (χ2v) is 10.1. The van der Waals surface area contributed by atoms with Crippen molar-refractivity contribution in [3.63, 3.8) is 0 Å². The van der Waals surface area contributed by atoms with Crippen LogP contribution in [-0.2, 0) is 9.53 Å². The van der Waals surface area contributed by atoms with Crippen LogP contribution in [0, 0.1) is 18.3 Å². The van der Waals surface area contributed by atoms with Gasteiger partial charge in [-0.1, -0.05) is 6.92 Å². The summed E-state index contributed by atoms with van der Waals surface area (Å²) in [6.45, 7) is 11.0. The van der Waals surface area contributed by atoms with E-state index in [1.807, 2.05) is 19.9 Å². The van der Waals surface area contributed by atoms with Gasteiger partial charge >= 0.3 is 6.09 Å². The maximum Gasteiger partial charge on any atom is 0.409 e. The molecule has 1 aromatic rings. The SMILES string of the molecule is CCOC(=O)N1CCC(NC(=O)[C@@H]2CC23CCN(CC[C@H](C)c2ccc(C)o2)CC3)CC1. The van der Waals surface area contributed by atoms with Gasteiger partial charge in [0.25, 0.3) is 0 Å². The van der Waals surface area contributed by atoms with Crippen LogP contribution in [-0.4, -0.2) is 67.2 Å². The number of likely N-dealkylation sites (tertiary alicyclic amines) is 2. The number of nitrogens with zero attached hydrogens (tertiary/aromatic N) is 2. The number of carbonyl (C=O) groups excluding carboxylic acids is 2. The molecule has 0 radical (unpaired) electrons. The Balaban J connectivity index is 1.15. The fourth-order valence-corrected chi connectivity index (χ4v) is 5.45. The molecular weight excluding hydrogens is 406 g/mol. The van der Waals surface area contributed by atoms with Crippen molar-refractivity contribution in [2.45, 2.75) is 71.3 Å². The summed E-state index contributed by atoms with van der Waals surface area (Å²) in [5, 5.41) is 3.27. The lowest BCUT2D eigenvalue weighted by atomic mass is 9.90. The highest BCUT2D eigenvalue weighted by Crippen LogP contribution is 2.59. The molecule has 178 valence electrons. The number of ether oxygens (including phenoxy) is 1. The Kier molecular flexibility index (Phi) is 7.13. The second kappa shape index (κ2) is 9.86. The number of carbonyl (C=O) groups is 2. The summed E-state index contributed by atoms with van der Waals surface area (Å²) in [5.41, 5.74) is 0.232. The first kappa shape index (κ1) is 23.1. The van der Waals surface area contributed by atoms with Gasteiger partial charge in [-0.3, -0.25) is 4.79 Å². The Labute approximate surface area is 191 Å². The first-order valence-corrected chi connectivity index (χ1v) is 12.4. The molecule has 1 aliphatic carbocycles. The van der Waals surface area contributed by atoms with Gasteiger partial charge in [0.2, 0.25) is 5.91 Å². The zero-order chi connectivity index (χ0) is 22.7. The quantitative estimate of drug-likeness (QED) is 0.689. The van der Waals surface area contributed by atoms with Crippen LogP contribution in [0.5, 0.6) is 0 Å². The average Bonchev–Trinajstić information content (AvgIpc) is 3.31. The molecule has 7 heteroatoms. The summed E-state index contributed by atoms with van der Waals surface area (Å²) in [6.07, 6.45) is 5.78. The summed E-state index contributed by atoms with van der Waals surface area (Å²) < 4.78 is 10.8. The number of hydrogen-bond donors (Lipinski definition) is 1. The number of amides is 2. The molecule has 1 aromatic heterocycles. The van der Waals surface area contributed by atoms with E-state index in [0.29, 0.717) is 25.6 Å². The summed E-state index contributed by atoms with van der Waals surface area (Å²) in [6, 6.07) is 4.32. The minimum absolute atomic E-state index is 0.178. The Bertz CT molecular complexity index is 791. The predicted molar refractivity (Wildman–Crippen MR) is 122 cm³/mol. The van der Waals surface area contributed by atoms with E-state index in [1.165, 1.54) is 0 Å². The van der Waals surface area contributed by atoms with E-state index < -0.39 is 0 Å². The predicted octanol–water partition coefficient (Wildman–Crippen LogP) is 3.92. The van der Waals surface area contributed by atoms with E-state index >= 15 is 0 Å². The maximum atomic E-state index is 12.9. The molecule has 1 spiro atoms. The molecule has 0 unspecified atom stereocenters. The Morgan fingerprint density at radius 1 is 1.22 bits per heavy atom. The van der Waals surface area contributed by atoms with E-state index in [4.69, 9.17) is 9.15 Å². The average molecular weight is 446 g/mol. The minimum atomic E-state index is -0.237. The molecular formula is C25H39N3O4. The Hall–Kier alpha value is -2.02. The molecule has 1 saturated carbocycles. The lowest BCUT2D eigenvalue weighted by molar-refractivity contribution is -0.124. The third kappa shape index (κ3) is 5.30. The molecule has 2 aliphatic heterocycles.